The molecule has 0 radical (unpaired) electrons. The zero-order chi connectivity index (χ0) is 19.2. The van der Waals surface area contributed by atoms with Crippen LogP contribution in [0.25, 0.3) is 0 Å². The molecule has 0 saturated carbocycles. The number of carbonyl (C=O) groups is 1. The molecular formula is C16H15N7O4. The van der Waals surface area contributed by atoms with Crippen LogP contribution in [0.2, 0.25) is 0 Å². The van der Waals surface area contributed by atoms with Gasteiger partial charge in [0.25, 0.3) is 5.91 Å². The number of ether oxygens (including phenoxy) is 1. The molecule has 2 N–H and O–H groups in total. The maximum Gasteiger partial charge on any atom is 0.307 e. The third-order valence-corrected chi connectivity index (χ3v) is 3.59. The SMILES string of the molecule is COc1ccc(/C=N\NC(=O)c2ccn[nH]2)cc1Cn1cc([N+](=O)[O-])cn1. The molecule has 138 valence electrons. The fraction of sp³-hybridized carbons (Fsp3) is 0.125. The Morgan fingerprint density at radius 3 is 3.00 bits per heavy atom. The molecule has 0 unspecified atom stereocenters. The van der Waals surface area contributed by atoms with Gasteiger partial charge in [-0.3, -0.25) is 24.7 Å². The number of nitrogens with zero attached hydrogens (tertiary/aromatic N) is 5. The van der Waals surface area contributed by atoms with Crippen molar-refractivity contribution in [1.82, 2.24) is 25.4 Å². The van der Waals surface area contributed by atoms with E-state index in [1.807, 2.05) is 0 Å². The second-order valence-corrected chi connectivity index (χ2v) is 5.39. The van der Waals surface area contributed by atoms with Crippen LogP contribution in [0.1, 0.15) is 21.6 Å². The molecule has 11 heteroatoms. The zero-order valence-corrected chi connectivity index (χ0v) is 14.2. The van der Waals surface area contributed by atoms with Crippen molar-refractivity contribution in [3.05, 3.63) is 69.8 Å². The van der Waals surface area contributed by atoms with Crippen LogP contribution in [0.4, 0.5) is 5.69 Å². The first-order valence-corrected chi connectivity index (χ1v) is 7.73. The molecule has 3 aromatic rings. The number of nitro groups is 1. The summed E-state index contributed by atoms with van der Waals surface area (Å²) >= 11 is 0. The Bertz CT molecular complexity index is 979. The van der Waals surface area contributed by atoms with Gasteiger partial charge in [0.1, 0.15) is 23.8 Å². The van der Waals surface area contributed by atoms with Gasteiger partial charge in [0.2, 0.25) is 0 Å². The lowest BCUT2D eigenvalue weighted by molar-refractivity contribution is -0.385. The van der Waals surface area contributed by atoms with Gasteiger partial charge in [-0.05, 0) is 29.8 Å². The number of methoxy groups -OCH3 is 1. The molecule has 0 aliphatic heterocycles. The molecule has 3 rings (SSSR count). The first kappa shape index (κ1) is 17.8. The third-order valence-electron chi connectivity index (χ3n) is 3.59. The maximum atomic E-state index is 11.8. The van der Waals surface area contributed by atoms with E-state index >= 15 is 0 Å². The van der Waals surface area contributed by atoms with Crippen LogP contribution in [-0.4, -0.2) is 44.1 Å². The molecule has 27 heavy (non-hydrogen) atoms. The van der Waals surface area contributed by atoms with Gasteiger partial charge in [-0.2, -0.15) is 15.3 Å². The van der Waals surface area contributed by atoms with Gasteiger partial charge in [-0.15, -0.1) is 0 Å². The average Bonchev–Trinajstić information content (AvgIpc) is 3.34. The topological polar surface area (TPSA) is 140 Å². The number of hydrogen-bond acceptors (Lipinski definition) is 7. The minimum Gasteiger partial charge on any atom is -0.496 e. The number of H-pyrrole nitrogens is 1. The summed E-state index contributed by atoms with van der Waals surface area (Å²) in [5.41, 5.74) is 4.04. The van der Waals surface area contributed by atoms with Gasteiger partial charge in [0.15, 0.2) is 0 Å². The van der Waals surface area contributed by atoms with Crippen LogP contribution in [0.5, 0.6) is 5.75 Å². The number of aromatic nitrogens is 4. The van der Waals surface area contributed by atoms with Gasteiger partial charge >= 0.3 is 5.69 Å². The molecule has 0 aliphatic carbocycles. The van der Waals surface area contributed by atoms with Gasteiger partial charge in [0, 0.05) is 11.8 Å². The predicted molar refractivity (Wildman–Crippen MR) is 94.6 cm³/mol. The summed E-state index contributed by atoms with van der Waals surface area (Å²) in [5, 5.41) is 24.9. The Morgan fingerprint density at radius 1 is 1.48 bits per heavy atom. The first-order chi connectivity index (χ1) is 13.1. The second kappa shape index (κ2) is 7.91. The molecule has 2 aromatic heterocycles. The highest BCUT2D eigenvalue weighted by molar-refractivity contribution is 5.93. The molecule has 0 spiro atoms. The van der Waals surface area contributed by atoms with Crippen LogP contribution < -0.4 is 10.2 Å². The molecule has 0 fully saturated rings. The summed E-state index contributed by atoms with van der Waals surface area (Å²) in [7, 11) is 1.53. The normalized spacial score (nSPS) is 10.9. The Hall–Kier alpha value is -4.02. The van der Waals surface area contributed by atoms with Crippen LogP contribution in [0, 0.1) is 10.1 Å². The van der Waals surface area contributed by atoms with E-state index < -0.39 is 10.8 Å². The van der Waals surface area contributed by atoms with E-state index in [0.29, 0.717) is 17.0 Å². The molecule has 0 atom stereocenters. The second-order valence-electron chi connectivity index (χ2n) is 5.39. The lowest BCUT2D eigenvalue weighted by Gasteiger charge is -2.09. The van der Waals surface area contributed by atoms with Gasteiger partial charge in [-0.1, -0.05) is 0 Å². The highest BCUT2D eigenvalue weighted by Gasteiger charge is 2.11. The first-order valence-electron chi connectivity index (χ1n) is 7.73. The van der Waals surface area contributed by atoms with Crippen molar-refractivity contribution in [2.45, 2.75) is 6.54 Å². The summed E-state index contributed by atoms with van der Waals surface area (Å²) in [4.78, 5) is 22.0. The van der Waals surface area contributed by atoms with Crippen molar-refractivity contribution < 1.29 is 14.5 Å². The van der Waals surface area contributed by atoms with Crippen LogP contribution in [0.15, 0.2) is 48.0 Å². The van der Waals surface area contributed by atoms with Crippen molar-refractivity contribution in [1.29, 1.82) is 0 Å². The number of rotatable bonds is 7. The van der Waals surface area contributed by atoms with Crippen LogP contribution in [-0.2, 0) is 6.54 Å². The molecule has 0 aliphatic rings. The van der Waals surface area contributed by atoms with E-state index in [4.69, 9.17) is 4.74 Å². The molecule has 1 aromatic carbocycles. The monoisotopic (exact) mass is 369 g/mol. The van der Waals surface area contributed by atoms with Crippen molar-refractivity contribution >= 4 is 17.8 Å². The third kappa shape index (κ3) is 4.34. The molecule has 0 saturated heterocycles. The van der Waals surface area contributed by atoms with Gasteiger partial charge < -0.3 is 4.74 Å². The van der Waals surface area contributed by atoms with E-state index in [2.05, 4.69) is 25.8 Å². The molecule has 11 nitrogen and oxygen atoms in total. The van der Waals surface area contributed by atoms with E-state index in [1.54, 1.807) is 18.2 Å². The van der Waals surface area contributed by atoms with Gasteiger partial charge in [-0.25, -0.2) is 5.43 Å². The number of benzene rings is 1. The van der Waals surface area contributed by atoms with E-state index in [9.17, 15) is 14.9 Å². The van der Waals surface area contributed by atoms with Crippen molar-refractivity contribution in [3.63, 3.8) is 0 Å². The summed E-state index contributed by atoms with van der Waals surface area (Å²) in [6, 6.07) is 6.82. The standard InChI is InChI=1S/C16H15N7O4/c1-27-15-3-2-11(7-18-21-16(24)14-4-5-17-20-14)6-12(15)9-22-10-13(8-19-22)23(25)26/h2-8,10H,9H2,1H3,(H,17,20)(H,21,24)/b18-7-. The van der Waals surface area contributed by atoms with Crippen molar-refractivity contribution in [3.8, 4) is 5.75 Å². The zero-order valence-electron chi connectivity index (χ0n) is 14.2. The minimum absolute atomic E-state index is 0.0896. The van der Waals surface area contributed by atoms with Crippen LogP contribution >= 0.6 is 0 Å². The van der Waals surface area contributed by atoms with E-state index in [0.717, 1.165) is 5.56 Å². The maximum absolute atomic E-state index is 11.8. The lowest BCUT2D eigenvalue weighted by Crippen LogP contribution is -2.18. The highest BCUT2D eigenvalue weighted by atomic mass is 16.6. The fourth-order valence-corrected chi connectivity index (χ4v) is 2.32. The molecule has 2 heterocycles. The Kier molecular flexibility index (Phi) is 5.21. The predicted octanol–water partition coefficient (Wildman–Crippen LogP) is 1.34. The minimum atomic E-state index is -0.508. The molecular weight excluding hydrogens is 354 g/mol. The summed E-state index contributed by atoms with van der Waals surface area (Å²) < 4.78 is 6.76. The number of nitrogens with one attached hydrogen (secondary N) is 2. The smallest absolute Gasteiger partial charge is 0.307 e. The summed E-state index contributed by atoms with van der Waals surface area (Å²) in [6.45, 7) is 0.277. The summed E-state index contributed by atoms with van der Waals surface area (Å²) in [5.74, 6) is 0.188. The number of hydrogen-bond donors (Lipinski definition) is 2. The number of amides is 1. The lowest BCUT2D eigenvalue weighted by atomic mass is 10.1. The van der Waals surface area contributed by atoms with Crippen molar-refractivity contribution in [2.75, 3.05) is 7.11 Å². The molecule has 1 amide bonds. The number of carbonyl (C=O) groups excluding carboxylic acids is 1. The quantitative estimate of drug-likeness (QED) is 0.366. The molecule has 0 bridgehead atoms. The largest absolute Gasteiger partial charge is 0.496 e. The Labute approximate surface area is 152 Å². The Balaban J connectivity index is 1.73. The van der Waals surface area contributed by atoms with E-state index in [-0.39, 0.29) is 12.2 Å². The number of hydrazone groups is 1. The fourth-order valence-electron chi connectivity index (χ4n) is 2.32. The van der Waals surface area contributed by atoms with Crippen molar-refractivity contribution in [2.24, 2.45) is 5.10 Å². The summed E-state index contributed by atoms with van der Waals surface area (Å²) in [6.07, 6.45) is 5.46. The van der Waals surface area contributed by atoms with E-state index in [1.165, 1.54) is 42.7 Å². The highest BCUT2D eigenvalue weighted by Crippen LogP contribution is 2.21. The average molecular weight is 369 g/mol. The Morgan fingerprint density at radius 2 is 2.33 bits per heavy atom. The number of aromatic amines is 1. The van der Waals surface area contributed by atoms with Crippen LogP contribution in [0.3, 0.4) is 0 Å². The van der Waals surface area contributed by atoms with Gasteiger partial charge in [0.05, 0.1) is 24.8 Å².